The Balaban J connectivity index is 1.89. The summed E-state index contributed by atoms with van der Waals surface area (Å²) in [6.07, 6.45) is 2.14. The van der Waals surface area contributed by atoms with E-state index in [1.807, 2.05) is 60.7 Å². The van der Waals surface area contributed by atoms with Crippen molar-refractivity contribution in [3.8, 4) is 6.07 Å². The van der Waals surface area contributed by atoms with Crippen molar-refractivity contribution in [3.63, 3.8) is 0 Å². The molecule has 0 amide bonds. The van der Waals surface area contributed by atoms with Gasteiger partial charge in [0.2, 0.25) is 0 Å². The number of Topliss-reactive ketones (excluding diaryl/α,β-unsaturated/α-hetero) is 1. The smallest absolute Gasteiger partial charge is 0.171 e. The van der Waals surface area contributed by atoms with Gasteiger partial charge in [-0.3, -0.25) is 9.69 Å². The molecule has 1 saturated heterocycles. The van der Waals surface area contributed by atoms with E-state index in [2.05, 4.69) is 33.6 Å². The van der Waals surface area contributed by atoms with Crippen molar-refractivity contribution in [2.24, 2.45) is 0 Å². The van der Waals surface area contributed by atoms with Crippen LogP contribution >= 0.6 is 22.6 Å². The Bertz CT molecular complexity index is 741. The van der Waals surface area contributed by atoms with Gasteiger partial charge in [0.05, 0.1) is 12.0 Å². The highest BCUT2D eigenvalue weighted by atomic mass is 127. The molecule has 0 bridgehead atoms. The molecule has 0 aromatic heterocycles. The van der Waals surface area contributed by atoms with Gasteiger partial charge in [-0.2, -0.15) is 5.26 Å². The zero-order valence-electron chi connectivity index (χ0n) is 14.0. The summed E-state index contributed by atoms with van der Waals surface area (Å²) in [4.78, 5) is 15.4. The fourth-order valence-corrected chi connectivity index (χ4v) is 4.50. The maximum atomic E-state index is 13.2. The Morgan fingerprint density at radius 1 is 1.16 bits per heavy atom. The molecular weight excluding hydrogens is 423 g/mol. The first kappa shape index (κ1) is 18.1. The molecule has 1 aliphatic rings. The number of benzene rings is 2. The Morgan fingerprint density at radius 3 is 2.44 bits per heavy atom. The predicted octanol–water partition coefficient (Wildman–Crippen LogP) is 4.44. The molecule has 1 fully saturated rings. The summed E-state index contributed by atoms with van der Waals surface area (Å²) in [6, 6.07) is 21.7. The molecule has 1 aliphatic heterocycles. The first-order valence-corrected chi connectivity index (χ1v) is 9.87. The quantitative estimate of drug-likeness (QED) is 0.389. The largest absolute Gasteiger partial charge is 0.293 e. The number of nitriles is 1. The summed E-state index contributed by atoms with van der Waals surface area (Å²) in [6.45, 7) is 1.47. The summed E-state index contributed by atoms with van der Waals surface area (Å²) >= 11 is 2.38. The molecule has 0 saturated carbocycles. The second-order valence-corrected chi connectivity index (χ2v) is 8.02. The van der Waals surface area contributed by atoms with Crippen molar-refractivity contribution < 1.29 is 4.79 Å². The third-order valence-electron chi connectivity index (χ3n) is 4.79. The van der Waals surface area contributed by atoms with Crippen LogP contribution in [0.3, 0.4) is 0 Å². The number of carbonyl (C=O) groups excluding carboxylic acids is 1. The van der Waals surface area contributed by atoms with E-state index in [-0.39, 0.29) is 17.7 Å². The number of rotatable bonds is 5. The monoisotopic (exact) mass is 444 g/mol. The topological polar surface area (TPSA) is 44.1 Å². The van der Waals surface area contributed by atoms with E-state index in [0.29, 0.717) is 10.5 Å². The van der Waals surface area contributed by atoms with Crippen molar-refractivity contribution >= 4 is 28.4 Å². The highest BCUT2D eigenvalue weighted by Gasteiger charge is 2.33. The van der Waals surface area contributed by atoms with Crippen molar-refractivity contribution in [1.82, 2.24) is 4.90 Å². The van der Waals surface area contributed by atoms with Gasteiger partial charge in [0.1, 0.15) is 6.04 Å². The van der Waals surface area contributed by atoms with Gasteiger partial charge in [-0.25, -0.2) is 0 Å². The first-order valence-electron chi connectivity index (χ1n) is 8.62. The Kier molecular flexibility index (Phi) is 6.22. The van der Waals surface area contributed by atoms with E-state index >= 15 is 0 Å². The normalized spacial score (nSPS) is 22.1. The maximum absolute atomic E-state index is 13.2. The number of hydrogen-bond donors (Lipinski definition) is 0. The fraction of sp³-hybridized carbons (Fsp3) is 0.333. The zero-order chi connectivity index (χ0) is 17.6. The van der Waals surface area contributed by atoms with Crippen molar-refractivity contribution in [2.45, 2.75) is 28.7 Å². The van der Waals surface area contributed by atoms with Gasteiger partial charge in [0, 0.05) is 16.0 Å². The summed E-state index contributed by atoms with van der Waals surface area (Å²) in [5.74, 6) is -0.125. The molecule has 0 spiro atoms. The van der Waals surface area contributed by atoms with Crippen LogP contribution in [0.2, 0.25) is 0 Å². The molecule has 2 aromatic rings. The molecule has 25 heavy (non-hydrogen) atoms. The molecular formula is C21H21IN2O. The minimum atomic E-state index is -0.249. The van der Waals surface area contributed by atoms with Gasteiger partial charge in [-0.1, -0.05) is 83.3 Å². The van der Waals surface area contributed by atoms with Crippen LogP contribution in [0.25, 0.3) is 0 Å². The van der Waals surface area contributed by atoms with Gasteiger partial charge in [0.15, 0.2) is 5.78 Å². The van der Waals surface area contributed by atoms with Crippen LogP contribution in [-0.4, -0.2) is 33.7 Å². The molecule has 1 unspecified atom stereocenters. The number of likely N-dealkylation sites (tertiary alicyclic amines) is 1. The van der Waals surface area contributed by atoms with Gasteiger partial charge in [-0.15, -0.1) is 0 Å². The molecule has 0 aliphatic carbocycles. The Labute approximate surface area is 162 Å². The van der Waals surface area contributed by atoms with Crippen LogP contribution in [0.4, 0.5) is 0 Å². The molecule has 4 heteroatoms. The number of alkyl halides is 1. The van der Waals surface area contributed by atoms with Crippen LogP contribution in [0.15, 0.2) is 60.7 Å². The van der Waals surface area contributed by atoms with E-state index in [1.165, 1.54) is 0 Å². The molecule has 3 atom stereocenters. The summed E-state index contributed by atoms with van der Waals surface area (Å²) in [5.41, 5.74) is 1.75. The third kappa shape index (κ3) is 4.28. The lowest BCUT2D eigenvalue weighted by molar-refractivity contribution is 0.0913. The standard InChI is InChI=1S/C21H21IN2O/c22-19-12-7-13-24(20(19)14-23)15-18(16-8-3-1-4-9-16)21(25)17-10-5-2-6-11-17/h1-6,8-11,18-20H,7,12-13,15H2/t18?,19-,20+/m0/s1. The highest BCUT2D eigenvalue weighted by molar-refractivity contribution is 14.1. The second-order valence-electron chi connectivity index (χ2n) is 6.42. The average molecular weight is 444 g/mol. The van der Waals surface area contributed by atoms with E-state index in [0.717, 1.165) is 30.5 Å². The molecule has 1 heterocycles. The van der Waals surface area contributed by atoms with Gasteiger partial charge in [0.25, 0.3) is 0 Å². The second kappa shape index (κ2) is 8.59. The minimum Gasteiger partial charge on any atom is -0.293 e. The maximum Gasteiger partial charge on any atom is 0.171 e. The lowest BCUT2D eigenvalue weighted by Crippen LogP contribution is -2.47. The molecule has 0 N–H and O–H groups in total. The van der Waals surface area contributed by atoms with Crippen molar-refractivity contribution in [3.05, 3.63) is 71.8 Å². The van der Waals surface area contributed by atoms with E-state index in [4.69, 9.17) is 0 Å². The lowest BCUT2D eigenvalue weighted by Gasteiger charge is -2.36. The molecule has 128 valence electrons. The van der Waals surface area contributed by atoms with Crippen LogP contribution in [0.1, 0.15) is 34.7 Å². The number of nitrogens with zero attached hydrogens (tertiary/aromatic N) is 2. The van der Waals surface area contributed by atoms with Crippen LogP contribution < -0.4 is 0 Å². The molecule has 3 nitrogen and oxygen atoms in total. The van der Waals surface area contributed by atoms with E-state index in [9.17, 15) is 10.1 Å². The van der Waals surface area contributed by atoms with E-state index < -0.39 is 0 Å². The fourth-order valence-electron chi connectivity index (χ4n) is 3.45. The number of ketones is 1. The van der Waals surface area contributed by atoms with Crippen LogP contribution in [0, 0.1) is 11.3 Å². The SMILES string of the molecule is N#C[C@@H]1[C@@H](I)CCCN1CC(C(=O)c1ccccc1)c1ccccc1. The van der Waals surface area contributed by atoms with Crippen LogP contribution in [-0.2, 0) is 0 Å². The van der Waals surface area contributed by atoms with Gasteiger partial charge >= 0.3 is 0 Å². The number of halogens is 1. The summed E-state index contributed by atoms with van der Waals surface area (Å²) in [5, 5.41) is 9.59. The number of piperidine rings is 1. The Hall–Kier alpha value is -1.71. The number of carbonyl (C=O) groups is 1. The molecule has 2 aromatic carbocycles. The van der Waals surface area contributed by atoms with Crippen LogP contribution in [0.5, 0.6) is 0 Å². The van der Waals surface area contributed by atoms with Crippen molar-refractivity contribution in [2.75, 3.05) is 13.1 Å². The predicted molar refractivity (Wildman–Crippen MR) is 108 cm³/mol. The van der Waals surface area contributed by atoms with E-state index in [1.54, 1.807) is 0 Å². The molecule has 3 rings (SSSR count). The summed E-state index contributed by atoms with van der Waals surface area (Å²) in [7, 11) is 0. The lowest BCUT2D eigenvalue weighted by atomic mass is 9.89. The third-order valence-corrected chi connectivity index (χ3v) is 6.09. The number of hydrogen-bond acceptors (Lipinski definition) is 3. The summed E-state index contributed by atoms with van der Waals surface area (Å²) < 4.78 is 0.319. The average Bonchev–Trinajstić information content (AvgIpc) is 2.67. The first-order chi connectivity index (χ1) is 12.2. The highest BCUT2D eigenvalue weighted by Crippen LogP contribution is 2.29. The molecule has 0 radical (unpaired) electrons. The minimum absolute atomic E-state index is 0.121. The van der Waals surface area contributed by atoms with Gasteiger partial charge in [-0.05, 0) is 24.9 Å². The Morgan fingerprint density at radius 2 is 1.80 bits per heavy atom. The van der Waals surface area contributed by atoms with Gasteiger partial charge < -0.3 is 0 Å². The zero-order valence-corrected chi connectivity index (χ0v) is 16.2. The van der Waals surface area contributed by atoms with Crippen molar-refractivity contribution in [1.29, 1.82) is 5.26 Å².